The topological polar surface area (TPSA) is 70.6 Å². The third kappa shape index (κ3) is 3.56. The summed E-state index contributed by atoms with van der Waals surface area (Å²) < 4.78 is 5.35. The summed E-state index contributed by atoms with van der Waals surface area (Å²) in [6.45, 7) is 4.89. The van der Waals surface area contributed by atoms with Crippen LogP contribution in [-0.4, -0.2) is 42.4 Å². The molecule has 5 nitrogen and oxygen atoms in total. The Balaban J connectivity index is 1.77. The molecule has 1 saturated heterocycles. The summed E-state index contributed by atoms with van der Waals surface area (Å²) in [4.78, 5) is 11.8. The largest absolute Gasteiger partial charge is 0.386 e. The van der Waals surface area contributed by atoms with Crippen molar-refractivity contribution in [1.82, 2.24) is 5.32 Å². The van der Waals surface area contributed by atoms with Crippen LogP contribution in [0.25, 0.3) is 0 Å². The standard InChI is InChI=1S/C15H22N2O3/c1-11-5-3-4-6-13(11)17-14(18)9-16-10-15(19)7-8-20-12(15)2/h3-6,12,16,19H,7-10H2,1-2H3,(H,17,18). The molecule has 0 saturated carbocycles. The first-order chi connectivity index (χ1) is 9.51. The maximum Gasteiger partial charge on any atom is 0.238 e. The highest BCUT2D eigenvalue weighted by Crippen LogP contribution is 2.24. The van der Waals surface area contributed by atoms with E-state index >= 15 is 0 Å². The SMILES string of the molecule is Cc1ccccc1NC(=O)CNCC1(O)CCOC1C. The van der Waals surface area contributed by atoms with Gasteiger partial charge in [-0.3, -0.25) is 4.79 Å². The van der Waals surface area contributed by atoms with Crippen LogP contribution in [0.1, 0.15) is 18.9 Å². The maximum atomic E-state index is 11.8. The van der Waals surface area contributed by atoms with Crippen molar-refractivity contribution in [3.8, 4) is 0 Å². The van der Waals surface area contributed by atoms with Crippen LogP contribution >= 0.6 is 0 Å². The van der Waals surface area contributed by atoms with Gasteiger partial charge >= 0.3 is 0 Å². The first-order valence-corrected chi connectivity index (χ1v) is 6.91. The molecule has 2 atom stereocenters. The molecule has 1 aliphatic rings. The fourth-order valence-electron chi connectivity index (χ4n) is 2.30. The number of ether oxygens (including phenoxy) is 1. The number of nitrogens with one attached hydrogen (secondary N) is 2. The van der Waals surface area contributed by atoms with E-state index in [0.29, 0.717) is 19.6 Å². The highest BCUT2D eigenvalue weighted by atomic mass is 16.5. The van der Waals surface area contributed by atoms with Crippen LogP contribution in [-0.2, 0) is 9.53 Å². The number of para-hydroxylation sites is 1. The van der Waals surface area contributed by atoms with Crippen LogP contribution in [0.5, 0.6) is 0 Å². The fraction of sp³-hybridized carbons (Fsp3) is 0.533. The van der Waals surface area contributed by atoms with Gasteiger partial charge < -0.3 is 20.5 Å². The number of rotatable bonds is 5. The average Bonchev–Trinajstić information content (AvgIpc) is 2.73. The molecular weight excluding hydrogens is 256 g/mol. The minimum Gasteiger partial charge on any atom is -0.386 e. The van der Waals surface area contributed by atoms with Crippen molar-refractivity contribution in [2.24, 2.45) is 0 Å². The van der Waals surface area contributed by atoms with Crippen molar-refractivity contribution in [3.63, 3.8) is 0 Å². The predicted octanol–water partition coefficient (Wildman–Crippen LogP) is 1.06. The fourth-order valence-corrected chi connectivity index (χ4v) is 2.30. The Hall–Kier alpha value is -1.43. The van der Waals surface area contributed by atoms with E-state index in [1.165, 1.54) is 0 Å². The molecular formula is C15H22N2O3. The number of aryl methyl sites for hydroxylation is 1. The van der Waals surface area contributed by atoms with Gasteiger partial charge in [-0.1, -0.05) is 18.2 Å². The van der Waals surface area contributed by atoms with E-state index in [1.54, 1.807) is 0 Å². The molecule has 1 aromatic carbocycles. The van der Waals surface area contributed by atoms with Gasteiger partial charge in [0.25, 0.3) is 0 Å². The van der Waals surface area contributed by atoms with Crippen LogP contribution in [0.2, 0.25) is 0 Å². The smallest absolute Gasteiger partial charge is 0.238 e. The first kappa shape index (κ1) is 15.0. The third-order valence-corrected chi connectivity index (χ3v) is 3.80. The van der Waals surface area contributed by atoms with E-state index in [9.17, 15) is 9.90 Å². The first-order valence-electron chi connectivity index (χ1n) is 6.91. The quantitative estimate of drug-likeness (QED) is 0.753. The second-order valence-corrected chi connectivity index (χ2v) is 5.33. The summed E-state index contributed by atoms with van der Waals surface area (Å²) >= 11 is 0. The molecule has 0 aromatic heterocycles. The monoisotopic (exact) mass is 278 g/mol. The minimum absolute atomic E-state index is 0.116. The van der Waals surface area contributed by atoms with E-state index in [1.807, 2.05) is 38.1 Å². The normalized spacial score (nSPS) is 25.6. The second kappa shape index (κ2) is 6.35. The molecule has 1 aliphatic heterocycles. The minimum atomic E-state index is -0.872. The predicted molar refractivity (Wildman–Crippen MR) is 77.7 cm³/mol. The third-order valence-electron chi connectivity index (χ3n) is 3.80. The number of hydrogen-bond acceptors (Lipinski definition) is 4. The molecule has 0 aliphatic carbocycles. The number of aliphatic hydroxyl groups is 1. The number of benzene rings is 1. The van der Waals surface area contributed by atoms with Gasteiger partial charge in [0.1, 0.15) is 5.60 Å². The Bertz CT molecular complexity index is 478. The van der Waals surface area contributed by atoms with Gasteiger partial charge in [-0.05, 0) is 25.5 Å². The van der Waals surface area contributed by atoms with Gasteiger partial charge in [0, 0.05) is 25.3 Å². The van der Waals surface area contributed by atoms with Gasteiger partial charge in [-0.15, -0.1) is 0 Å². The van der Waals surface area contributed by atoms with Gasteiger partial charge in [-0.25, -0.2) is 0 Å². The molecule has 3 N–H and O–H groups in total. The Labute approximate surface area is 119 Å². The lowest BCUT2D eigenvalue weighted by Crippen LogP contribution is -2.47. The van der Waals surface area contributed by atoms with Gasteiger partial charge in [0.05, 0.1) is 12.6 Å². The Morgan fingerprint density at radius 1 is 1.50 bits per heavy atom. The highest BCUT2D eigenvalue weighted by Gasteiger charge is 2.39. The van der Waals surface area contributed by atoms with Crippen molar-refractivity contribution < 1.29 is 14.6 Å². The van der Waals surface area contributed by atoms with E-state index in [-0.39, 0.29) is 18.6 Å². The van der Waals surface area contributed by atoms with Crippen LogP contribution in [0.3, 0.4) is 0 Å². The number of hydrogen-bond donors (Lipinski definition) is 3. The van der Waals surface area contributed by atoms with Crippen LogP contribution < -0.4 is 10.6 Å². The number of amides is 1. The summed E-state index contributed by atoms with van der Waals surface area (Å²) in [5.74, 6) is -0.116. The molecule has 0 spiro atoms. The lowest BCUT2D eigenvalue weighted by atomic mass is 9.97. The van der Waals surface area contributed by atoms with Gasteiger partial charge in [0.15, 0.2) is 0 Å². The molecule has 0 bridgehead atoms. The Kier molecular flexibility index (Phi) is 4.75. The average molecular weight is 278 g/mol. The number of anilines is 1. The molecule has 1 heterocycles. The Morgan fingerprint density at radius 3 is 2.90 bits per heavy atom. The lowest BCUT2D eigenvalue weighted by Gasteiger charge is -2.26. The summed E-state index contributed by atoms with van der Waals surface area (Å²) in [6.07, 6.45) is 0.398. The summed E-state index contributed by atoms with van der Waals surface area (Å²) in [6, 6.07) is 7.63. The second-order valence-electron chi connectivity index (χ2n) is 5.33. The summed E-state index contributed by atoms with van der Waals surface area (Å²) in [5.41, 5.74) is 0.969. The Morgan fingerprint density at radius 2 is 2.25 bits per heavy atom. The number of carbonyl (C=O) groups excluding carboxylic acids is 1. The zero-order valence-corrected chi connectivity index (χ0v) is 12.0. The van der Waals surface area contributed by atoms with E-state index < -0.39 is 5.60 Å². The summed E-state index contributed by atoms with van der Waals surface area (Å²) in [7, 11) is 0. The molecule has 110 valence electrons. The molecule has 1 aromatic rings. The lowest BCUT2D eigenvalue weighted by molar-refractivity contribution is -0.115. The van der Waals surface area contributed by atoms with Crippen molar-refractivity contribution in [3.05, 3.63) is 29.8 Å². The molecule has 2 unspecified atom stereocenters. The maximum absolute atomic E-state index is 11.8. The van der Waals surface area contributed by atoms with E-state index in [2.05, 4.69) is 10.6 Å². The van der Waals surface area contributed by atoms with Crippen molar-refractivity contribution >= 4 is 11.6 Å². The van der Waals surface area contributed by atoms with Gasteiger partial charge in [-0.2, -0.15) is 0 Å². The zero-order valence-electron chi connectivity index (χ0n) is 12.0. The van der Waals surface area contributed by atoms with Crippen LogP contribution in [0.15, 0.2) is 24.3 Å². The molecule has 2 rings (SSSR count). The molecule has 1 amide bonds. The van der Waals surface area contributed by atoms with E-state index in [0.717, 1.165) is 11.3 Å². The highest BCUT2D eigenvalue weighted by molar-refractivity contribution is 5.92. The molecule has 0 radical (unpaired) electrons. The van der Waals surface area contributed by atoms with Crippen molar-refractivity contribution in [2.45, 2.75) is 32.0 Å². The number of carbonyl (C=O) groups is 1. The van der Waals surface area contributed by atoms with Crippen molar-refractivity contribution in [1.29, 1.82) is 0 Å². The van der Waals surface area contributed by atoms with Crippen LogP contribution in [0, 0.1) is 6.92 Å². The molecule has 5 heteroatoms. The summed E-state index contributed by atoms with van der Waals surface area (Å²) in [5, 5.41) is 16.1. The van der Waals surface area contributed by atoms with Crippen LogP contribution in [0.4, 0.5) is 5.69 Å². The molecule has 20 heavy (non-hydrogen) atoms. The zero-order chi connectivity index (χ0) is 14.6. The molecule has 1 fully saturated rings. The van der Waals surface area contributed by atoms with E-state index in [4.69, 9.17) is 4.74 Å². The van der Waals surface area contributed by atoms with Crippen molar-refractivity contribution in [2.75, 3.05) is 25.0 Å². The van der Waals surface area contributed by atoms with Gasteiger partial charge in [0.2, 0.25) is 5.91 Å².